The van der Waals surface area contributed by atoms with Crippen LogP contribution in [0.3, 0.4) is 0 Å². The van der Waals surface area contributed by atoms with Gasteiger partial charge in [0, 0.05) is 12.8 Å². The van der Waals surface area contributed by atoms with Gasteiger partial charge in [-0.1, -0.05) is 184 Å². The number of allylic oxidation sites excluding steroid dienone is 10. The van der Waals surface area contributed by atoms with Crippen LogP contribution in [-0.4, -0.2) is 23.1 Å². The van der Waals surface area contributed by atoms with Gasteiger partial charge in [0.1, 0.15) is 6.10 Å². The van der Waals surface area contributed by atoms with Crippen molar-refractivity contribution in [3.05, 3.63) is 60.8 Å². The number of ether oxygens (including phenoxy) is 1. The first-order valence-electron chi connectivity index (χ1n) is 22.3. The Labute approximate surface area is 323 Å². The molecule has 0 aromatic carbocycles. The van der Waals surface area contributed by atoms with Gasteiger partial charge in [-0.3, -0.25) is 9.59 Å². The summed E-state index contributed by atoms with van der Waals surface area (Å²) < 4.78 is 5.98. The molecule has 1 unspecified atom stereocenters. The van der Waals surface area contributed by atoms with Crippen molar-refractivity contribution in [2.75, 3.05) is 0 Å². The van der Waals surface area contributed by atoms with Crippen molar-refractivity contribution in [1.82, 2.24) is 0 Å². The van der Waals surface area contributed by atoms with Gasteiger partial charge >= 0.3 is 11.9 Å². The molecule has 0 rings (SSSR count). The van der Waals surface area contributed by atoms with E-state index in [2.05, 4.69) is 74.6 Å². The van der Waals surface area contributed by atoms with Gasteiger partial charge in [0.2, 0.25) is 0 Å². The molecule has 0 bridgehead atoms. The van der Waals surface area contributed by atoms with Gasteiger partial charge in [-0.25, -0.2) is 0 Å². The standard InChI is InChI=1S/C48H84O4/c1-3-5-7-9-11-13-15-17-18-19-20-21-22-23-24-26-28-30-32-37-41-45-48(51)52-46(43-39-35-33-36-40-44-47(49)50)42-38-34-31-29-27-25-16-14-12-10-8-6-4-2/h6,8,12,14,19-20,25,27,31,34,46H,3-5,7,9-11,13,15-18,21-24,26,28-30,32-33,35-45H2,1-2H3,(H,49,50)/b8-6-,14-12-,20-19-,27-25-,34-31-. The molecule has 0 spiro atoms. The molecule has 0 heterocycles. The summed E-state index contributed by atoms with van der Waals surface area (Å²) in [6, 6.07) is 0. The predicted octanol–water partition coefficient (Wildman–Crippen LogP) is 15.7. The highest BCUT2D eigenvalue weighted by molar-refractivity contribution is 5.69. The zero-order valence-electron chi connectivity index (χ0n) is 34.4. The SMILES string of the molecule is CC/C=C\C/C=C\C/C=C\C/C=C\CCC(CCCCCCCC(=O)O)OC(=O)CCCCCCCCCCC/C=C\CCCCCCCCCC. The lowest BCUT2D eigenvalue weighted by atomic mass is 10.0. The second-order valence-electron chi connectivity index (χ2n) is 14.8. The largest absolute Gasteiger partial charge is 0.481 e. The third kappa shape index (κ3) is 42.1. The van der Waals surface area contributed by atoms with Crippen LogP contribution in [0.15, 0.2) is 60.8 Å². The molecule has 0 saturated heterocycles. The highest BCUT2D eigenvalue weighted by atomic mass is 16.5. The molecule has 1 N–H and O–H groups in total. The van der Waals surface area contributed by atoms with Crippen LogP contribution in [0.1, 0.15) is 226 Å². The summed E-state index contributed by atoms with van der Waals surface area (Å²) in [5.41, 5.74) is 0. The van der Waals surface area contributed by atoms with Crippen LogP contribution in [-0.2, 0) is 14.3 Å². The second kappa shape index (κ2) is 43.0. The van der Waals surface area contributed by atoms with Crippen molar-refractivity contribution in [3.63, 3.8) is 0 Å². The molecule has 0 radical (unpaired) electrons. The number of carboxylic acid groups (broad SMARTS) is 1. The van der Waals surface area contributed by atoms with Crippen molar-refractivity contribution < 1.29 is 19.4 Å². The molecule has 4 heteroatoms. The Hall–Kier alpha value is -2.36. The highest BCUT2D eigenvalue weighted by Gasteiger charge is 2.14. The number of hydrogen-bond donors (Lipinski definition) is 1. The van der Waals surface area contributed by atoms with Crippen LogP contribution in [0.5, 0.6) is 0 Å². The first-order valence-corrected chi connectivity index (χ1v) is 22.3. The maximum atomic E-state index is 12.7. The minimum Gasteiger partial charge on any atom is -0.481 e. The lowest BCUT2D eigenvalue weighted by Gasteiger charge is -2.17. The molecule has 0 saturated carbocycles. The Balaban J connectivity index is 4.03. The van der Waals surface area contributed by atoms with Gasteiger partial charge in [-0.05, 0) is 89.9 Å². The van der Waals surface area contributed by atoms with Crippen LogP contribution >= 0.6 is 0 Å². The Morgan fingerprint density at radius 2 is 0.846 bits per heavy atom. The molecule has 0 aliphatic rings. The molecular weight excluding hydrogens is 641 g/mol. The van der Waals surface area contributed by atoms with E-state index in [0.29, 0.717) is 6.42 Å². The first-order chi connectivity index (χ1) is 25.6. The lowest BCUT2D eigenvalue weighted by molar-refractivity contribution is -0.150. The van der Waals surface area contributed by atoms with E-state index in [1.165, 1.54) is 109 Å². The number of unbranched alkanes of at least 4 members (excludes halogenated alkanes) is 21. The smallest absolute Gasteiger partial charge is 0.306 e. The normalized spacial score (nSPS) is 12.8. The molecule has 52 heavy (non-hydrogen) atoms. The van der Waals surface area contributed by atoms with Crippen molar-refractivity contribution in [2.24, 2.45) is 0 Å². The lowest BCUT2D eigenvalue weighted by Crippen LogP contribution is -2.18. The summed E-state index contributed by atoms with van der Waals surface area (Å²) >= 11 is 0. The molecular formula is C48H84O4. The molecule has 0 amide bonds. The summed E-state index contributed by atoms with van der Waals surface area (Å²) in [5.74, 6) is -0.750. The number of aliphatic carboxylic acids is 1. The van der Waals surface area contributed by atoms with E-state index in [4.69, 9.17) is 9.84 Å². The fraction of sp³-hybridized carbons (Fsp3) is 0.750. The van der Waals surface area contributed by atoms with Crippen LogP contribution < -0.4 is 0 Å². The fourth-order valence-electron chi connectivity index (χ4n) is 6.47. The number of carboxylic acids is 1. The van der Waals surface area contributed by atoms with Gasteiger partial charge in [0.05, 0.1) is 0 Å². The average Bonchev–Trinajstić information content (AvgIpc) is 3.13. The maximum absolute atomic E-state index is 12.7. The zero-order valence-corrected chi connectivity index (χ0v) is 34.4. The third-order valence-corrected chi connectivity index (χ3v) is 9.73. The maximum Gasteiger partial charge on any atom is 0.306 e. The van der Waals surface area contributed by atoms with Crippen LogP contribution in [0.2, 0.25) is 0 Å². The summed E-state index contributed by atoms with van der Waals surface area (Å²) in [7, 11) is 0. The number of rotatable bonds is 40. The molecule has 0 fully saturated rings. The van der Waals surface area contributed by atoms with Gasteiger partial charge in [-0.2, -0.15) is 0 Å². The topological polar surface area (TPSA) is 63.6 Å². The van der Waals surface area contributed by atoms with E-state index in [1.807, 2.05) is 0 Å². The molecule has 0 aromatic rings. The summed E-state index contributed by atoms with van der Waals surface area (Å²) in [5, 5.41) is 8.84. The third-order valence-electron chi connectivity index (χ3n) is 9.73. The average molecular weight is 725 g/mol. The molecule has 0 aliphatic carbocycles. The van der Waals surface area contributed by atoms with Crippen LogP contribution in [0, 0.1) is 0 Å². The molecule has 1 atom stereocenters. The van der Waals surface area contributed by atoms with Gasteiger partial charge in [0.25, 0.3) is 0 Å². The van der Waals surface area contributed by atoms with E-state index in [1.54, 1.807) is 0 Å². The molecule has 0 aliphatic heterocycles. The predicted molar refractivity (Wildman–Crippen MR) is 227 cm³/mol. The van der Waals surface area contributed by atoms with E-state index < -0.39 is 5.97 Å². The van der Waals surface area contributed by atoms with E-state index in [9.17, 15) is 9.59 Å². The quantitative estimate of drug-likeness (QED) is 0.0388. The van der Waals surface area contributed by atoms with Gasteiger partial charge < -0.3 is 9.84 Å². The molecule has 300 valence electrons. The van der Waals surface area contributed by atoms with Gasteiger partial charge in [-0.15, -0.1) is 0 Å². The Morgan fingerprint density at radius 1 is 0.442 bits per heavy atom. The Kier molecular flexibility index (Phi) is 41.1. The number of carbonyl (C=O) groups is 2. The second-order valence-corrected chi connectivity index (χ2v) is 14.8. The highest BCUT2D eigenvalue weighted by Crippen LogP contribution is 2.17. The number of carbonyl (C=O) groups excluding carboxylic acids is 1. The van der Waals surface area contributed by atoms with Crippen molar-refractivity contribution in [3.8, 4) is 0 Å². The summed E-state index contributed by atoms with van der Waals surface area (Å²) in [6.07, 6.45) is 59.7. The van der Waals surface area contributed by atoms with Crippen LogP contribution in [0.25, 0.3) is 0 Å². The van der Waals surface area contributed by atoms with Crippen molar-refractivity contribution in [2.45, 2.75) is 232 Å². The Morgan fingerprint density at radius 3 is 1.35 bits per heavy atom. The number of hydrogen-bond acceptors (Lipinski definition) is 3. The fourth-order valence-corrected chi connectivity index (χ4v) is 6.47. The number of esters is 1. The van der Waals surface area contributed by atoms with E-state index >= 15 is 0 Å². The van der Waals surface area contributed by atoms with E-state index in [-0.39, 0.29) is 18.5 Å². The Bertz CT molecular complexity index is 911. The molecule has 4 nitrogen and oxygen atoms in total. The minimum absolute atomic E-state index is 0.0241. The first kappa shape index (κ1) is 49.6. The van der Waals surface area contributed by atoms with E-state index in [0.717, 1.165) is 89.9 Å². The van der Waals surface area contributed by atoms with Gasteiger partial charge in [0.15, 0.2) is 0 Å². The van der Waals surface area contributed by atoms with Crippen molar-refractivity contribution >= 4 is 11.9 Å². The minimum atomic E-state index is -0.712. The summed E-state index contributed by atoms with van der Waals surface area (Å²) in [6.45, 7) is 4.44. The zero-order chi connectivity index (χ0) is 37.8. The van der Waals surface area contributed by atoms with Crippen molar-refractivity contribution in [1.29, 1.82) is 0 Å². The monoisotopic (exact) mass is 725 g/mol. The summed E-state index contributed by atoms with van der Waals surface area (Å²) in [4.78, 5) is 23.4. The molecule has 0 aromatic heterocycles. The van der Waals surface area contributed by atoms with Crippen LogP contribution in [0.4, 0.5) is 0 Å².